The number of nitrogens with two attached hydrogens (primary N) is 1. The van der Waals surface area contributed by atoms with E-state index in [4.69, 9.17) is 5.84 Å². The maximum Gasteiger partial charge on any atom is 0.314 e. The molecule has 4 N–H and O–H groups in total. The van der Waals surface area contributed by atoms with Gasteiger partial charge in [0.05, 0.1) is 5.56 Å². The van der Waals surface area contributed by atoms with Crippen molar-refractivity contribution in [3.63, 3.8) is 0 Å². The Labute approximate surface area is 171 Å². The lowest BCUT2D eigenvalue weighted by molar-refractivity contribution is -0.296. The van der Waals surface area contributed by atoms with Crippen molar-refractivity contribution >= 4 is 29.3 Å². The van der Waals surface area contributed by atoms with Crippen molar-refractivity contribution in [3.8, 4) is 5.75 Å². The van der Waals surface area contributed by atoms with E-state index in [0.29, 0.717) is 17.8 Å². The molecule has 0 spiro atoms. The smallest absolute Gasteiger partial charge is 0.314 e. The van der Waals surface area contributed by atoms with Crippen molar-refractivity contribution in [2.45, 2.75) is 39.0 Å². The third-order valence-corrected chi connectivity index (χ3v) is 4.87. The minimum absolute atomic E-state index is 0.0287. The second-order valence-electron chi connectivity index (χ2n) is 8.08. The number of benzene rings is 2. The van der Waals surface area contributed by atoms with E-state index in [1.807, 2.05) is 47.2 Å². The molecular formula is C23H27N4O2+. The van der Waals surface area contributed by atoms with Gasteiger partial charge >= 0.3 is 5.84 Å². The largest absolute Gasteiger partial charge is 0.507 e. The maximum atomic E-state index is 11.9. The summed E-state index contributed by atoms with van der Waals surface area (Å²) in [5, 5.41) is 10.9. The fourth-order valence-corrected chi connectivity index (χ4v) is 3.26. The Hall–Kier alpha value is -3.25. The van der Waals surface area contributed by atoms with Crippen LogP contribution in [0, 0.1) is 0 Å². The van der Waals surface area contributed by atoms with Crippen LogP contribution in [0.1, 0.15) is 43.9 Å². The molecule has 1 aliphatic rings. The molecule has 6 heteroatoms. The predicted octanol–water partition coefficient (Wildman–Crippen LogP) is 3.60. The Morgan fingerprint density at radius 2 is 2.03 bits per heavy atom. The summed E-state index contributed by atoms with van der Waals surface area (Å²) in [6.07, 6.45) is 4.19. The number of phenols is 1. The summed E-state index contributed by atoms with van der Waals surface area (Å²) in [6.45, 7) is 10.2. The highest BCUT2D eigenvalue weighted by Crippen LogP contribution is 2.35. The van der Waals surface area contributed by atoms with Gasteiger partial charge in [0.2, 0.25) is 11.6 Å². The molecule has 0 fully saturated rings. The molecule has 29 heavy (non-hydrogen) atoms. The number of carbonyl (C=O) groups excluding carboxylic acids is 1. The normalized spacial score (nSPS) is 14.5. The quantitative estimate of drug-likeness (QED) is 0.239. The second-order valence-corrected chi connectivity index (χ2v) is 8.08. The van der Waals surface area contributed by atoms with Crippen LogP contribution in [0.25, 0.3) is 0 Å². The molecule has 2 aromatic rings. The van der Waals surface area contributed by atoms with Crippen molar-refractivity contribution in [2.75, 3.05) is 0 Å². The van der Waals surface area contributed by atoms with Crippen molar-refractivity contribution in [3.05, 3.63) is 65.7 Å². The van der Waals surface area contributed by atoms with Crippen LogP contribution in [-0.2, 0) is 16.6 Å². The minimum Gasteiger partial charge on any atom is -0.507 e. The van der Waals surface area contributed by atoms with Gasteiger partial charge in [-0.25, -0.2) is 5.84 Å². The molecule has 0 atom stereocenters. The van der Waals surface area contributed by atoms with Crippen LogP contribution in [0.3, 0.4) is 0 Å². The number of hydrogen-bond acceptors (Lipinski definition) is 4. The van der Waals surface area contributed by atoms with Crippen LogP contribution in [0.5, 0.6) is 5.75 Å². The topological polar surface area (TPSA) is 90.7 Å². The highest BCUT2D eigenvalue weighted by molar-refractivity contribution is 6.02. The van der Waals surface area contributed by atoms with Gasteiger partial charge in [0.15, 0.2) is 5.69 Å². The summed E-state index contributed by atoms with van der Waals surface area (Å²) in [4.78, 5) is 16.5. The number of para-hydroxylation sites is 2. The maximum absolute atomic E-state index is 11.9. The highest BCUT2D eigenvalue weighted by atomic mass is 16.3. The van der Waals surface area contributed by atoms with Gasteiger partial charge in [0, 0.05) is 0 Å². The molecule has 0 unspecified atom stereocenters. The van der Waals surface area contributed by atoms with E-state index in [-0.39, 0.29) is 23.5 Å². The van der Waals surface area contributed by atoms with Crippen LogP contribution in [0.15, 0.2) is 54.0 Å². The number of amidine groups is 1. The first kappa shape index (κ1) is 20.5. The van der Waals surface area contributed by atoms with Crippen LogP contribution in [0.2, 0.25) is 0 Å². The first-order valence-corrected chi connectivity index (χ1v) is 9.52. The number of nitrogens with one attached hydrogen (secondary N) is 1. The molecule has 6 nitrogen and oxygen atoms in total. The molecule has 2 aromatic carbocycles. The summed E-state index contributed by atoms with van der Waals surface area (Å²) < 4.78 is 1.84. The molecule has 1 aliphatic heterocycles. The van der Waals surface area contributed by atoms with Crippen molar-refractivity contribution in [1.29, 1.82) is 0 Å². The lowest BCUT2D eigenvalue weighted by Gasteiger charge is -2.21. The molecule has 1 amide bonds. The molecule has 0 bridgehead atoms. The van der Waals surface area contributed by atoms with Crippen molar-refractivity contribution in [2.24, 2.45) is 10.8 Å². The van der Waals surface area contributed by atoms with Crippen LogP contribution in [0.4, 0.5) is 11.4 Å². The Balaban J connectivity index is 2.18. The molecule has 150 valence electrons. The second kappa shape index (κ2) is 8.01. The summed E-state index contributed by atoms with van der Waals surface area (Å²) >= 11 is 0. The minimum atomic E-state index is -0.338. The first-order valence-electron chi connectivity index (χ1n) is 9.52. The number of allylic oxidation sites excluding steroid dienone is 1. The van der Waals surface area contributed by atoms with Crippen LogP contribution in [-0.4, -0.2) is 27.6 Å². The molecule has 0 saturated carbocycles. The Morgan fingerprint density at radius 3 is 2.69 bits per heavy atom. The molecule has 0 aromatic heterocycles. The molecule has 0 aliphatic carbocycles. The zero-order chi connectivity index (χ0) is 21.2. The Bertz CT molecular complexity index is 1030. The van der Waals surface area contributed by atoms with Crippen molar-refractivity contribution < 1.29 is 14.5 Å². The lowest BCUT2D eigenvalue weighted by Crippen LogP contribution is -2.33. The fourth-order valence-electron chi connectivity index (χ4n) is 3.26. The van der Waals surface area contributed by atoms with E-state index < -0.39 is 0 Å². The predicted molar refractivity (Wildman–Crippen MR) is 116 cm³/mol. The van der Waals surface area contributed by atoms with E-state index >= 15 is 0 Å². The van der Waals surface area contributed by atoms with Gasteiger partial charge in [-0.2, -0.15) is 4.58 Å². The van der Waals surface area contributed by atoms with Crippen LogP contribution >= 0.6 is 0 Å². The number of amides is 1. The zero-order valence-corrected chi connectivity index (χ0v) is 17.1. The number of phenolic OH excluding ortho intramolecular Hbond substituents is 1. The fraction of sp³-hybridized carbons (Fsp3) is 0.261. The number of hydrogen-bond donors (Lipinski definition) is 3. The van der Waals surface area contributed by atoms with Crippen LogP contribution < -0.4 is 11.3 Å². The lowest BCUT2D eigenvalue weighted by atomic mass is 9.84. The van der Waals surface area contributed by atoms with Gasteiger partial charge in [-0.05, 0) is 46.2 Å². The molecule has 0 saturated heterocycles. The van der Waals surface area contributed by atoms with E-state index in [9.17, 15) is 9.90 Å². The summed E-state index contributed by atoms with van der Waals surface area (Å²) in [6, 6.07) is 11.6. The van der Waals surface area contributed by atoms with Gasteiger partial charge in [-0.1, -0.05) is 45.0 Å². The average molecular weight is 391 g/mol. The SMILES string of the molecule is C=CCc1cc(C(C)(C)C)cc(C=[N+]2C(CC(=O)NN)=Nc3ccccc32)c1O. The molecular weight excluding hydrogens is 364 g/mol. The van der Waals surface area contributed by atoms with Crippen molar-refractivity contribution in [1.82, 2.24) is 5.43 Å². The van der Waals surface area contributed by atoms with E-state index in [1.54, 1.807) is 6.08 Å². The van der Waals surface area contributed by atoms with E-state index in [2.05, 4.69) is 37.8 Å². The third-order valence-electron chi connectivity index (χ3n) is 4.87. The molecule has 0 radical (unpaired) electrons. The molecule has 3 rings (SSSR count). The number of nitrogens with zero attached hydrogens (tertiary/aromatic N) is 2. The number of carbonyl (C=O) groups is 1. The number of aromatic hydroxyl groups is 1. The molecule has 1 heterocycles. The third kappa shape index (κ3) is 4.27. The number of hydrazine groups is 1. The number of fused-ring (bicyclic) bond motifs is 1. The Kier molecular flexibility index (Phi) is 5.66. The summed E-state index contributed by atoms with van der Waals surface area (Å²) in [5.41, 5.74) is 6.24. The van der Waals surface area contributed by atoms with E-state index in [0.717, 1.165) is 22.5 Å². The van der Waals surface area contributed by atoms with Gasteiger partial charge in [0.25, 0.3) is 0 Å². The van der Waals surface area contributed by atoms with Gasteiger partial charge in [-0.3, -0.25) is 10.2 Å². The highest BCUT2D eigenvalue weighted by Gasteiger charge is 2.31. The summed E-state index contributed by atoms with van der Waals surface area (Å²) in [5.74, 6) is 5.67. The van der Waals surface area contributed by atoms with Gasteiger partial charge < -0.3 is 5.11 Å². The first-order chi connectivity index (χ1) is 13.7. The monoisotopic (exact) mass is 391 g/mol. The van der Waals surface area contributed by atoms with E-state index in [1.165, 1.54) is 0 Å². The number of aliphatic imine (C=N–C) groups is 1. The standard InChI is InChI=1S/C23H26N4O2/c1-5-8-15-11-17(23(2,3)4)12-16(22(15)29)14-27-19-10-7-6-9-18(19)25-20(27)13-21(28)26-24/h5-7,9-12,14H,1,8,13,24H2,2-4H3,(H,26,28)/p+1. The average Bonchev–Trinajstić information content (AvgIpc) is 3.01. The zero-order valence-electron chi connectivity index (χ0n) is 17.1. The number of rotatable bonds is 5. The van der Waals surface area contributed by atoms with Gasteiger partial charge in [0.1, 0.15) is 18.4 Å². The summed E-state index contributed by atoms with van der Waals surface area (Å²) in [7, 11) is 0. The Morgan fingerprint density at radius 1 is 1.31 bits per heavy atom. The van der Waals surface area contributed by atoms with Gasteiger partial charge in [-0.15, -0.1) is 6.58 Å².